The molecule has 5 rings (SSSR count). The lowest BCUT2D eigenvalue weighted by Crippen LogP contribution is -2.29. The Morgan fingerprint density at radius 3 is 2.72 bits per heavy atom. The summed E-state index contributed by atoms with van der Waals surface area (Å²) in [6.45, 7) is 3.73. The van der Waals surface area contributed by atoms with Crippen molar-refractivity contribution in [3.8, 4) is 29.2 Å². The molecule has 4 aromatic rings. The van der Waals surface area contributed by atoms with Gasteiger partial charge in [-0.25, -0.2) is 14.5 Å². The summed E-state index contributed by atoms with van der Waals surface area (Å²) in [5.41, 5.74) is 11.3. The number of aryl methyl sites for hydroxylation is 1. The normalized spacial score (nSPS) is 15.0. The van der Waals surface area contributed by atoms with E-state index >= 15 is 0 Å². The molecule has 1 unspecified atom stereocenters. The van der Waals surface area contributed by atoms with E-state index in [1.165, 1.54) is 0 Å². The molecule has 0 saturated heterocycles. The van der Waals surface area contributed by atoms with E-state index in [0.29, 0.717) is 12.3 Å². The van der Waals surface area contributed by atoms with Gasteiger partial charge < -0.3 is 19.9 Å². The highest BCUT2D eigenvalue weighted by atomic mass is 16.5. The zero-order valence-electron chi connectivity index (χ0n) is 20.9. The second-order valence-corrected chi connectivity index (χ2v) is 9.49. The lowest BCUT2D eigenvalue weighted by Gasteiger charge is -2.28. The summed E-state index contributed by atoms with van der Waals surface area (Å²) >= 11 is 0. The topological polar surface area (TPSA) is 96.8 Å². The molecular weight excluding hydrogens is 454 g/mol. The number of rotatable bonds is 5. The van der Waals surface area contributed by atoms with E-state index in [1.807, 2.05) is 44.4 Å². The maximum atomic E-state index is 6.38. The van der Waals surface area contributed by atoms with Gasteiger partial charge in [0.2, 0.25) is 5.88 Å². The van der Waals surface area contributed by atoms with Crippen LogP contribution in [0, 0.1) is 11.8 Å². The van der Waals surface area contributed by atoms with Crippen LogP contribution in [-0.2, 0) is 12.8 Å². The molecule has 4 heterocycles. The Labute approximate surface area is 210 Å². The molecule has 3 aromatic heterocycles. The molecule has 0 amide bonds. The second-order valence-electron chi connectivity index (χ2n) is 9.49. The fourth-order valence-corrected chi connectivity index (χ4v) is 4.29. The highest BCUT2D eigenvalue weighted by Gasteiger charge is 2.25. The van der Waals surface area contributed by atoms with Crippen molar-refractivity contribution in [2.45, 2.75) is 44.8 Å². The van der Waals surface area contributed by atoms with Gasteiger partial charge >= 0.3 is 0 Å². The fourth-order valence-electron chi connectivity index (χ4n) is 4.29. The number of nitrogens with zero attached hydrogens (tertiary/aromatic N) is 4. The molecular formula is C28H29N5O3. The van der Waals surface area contributed by atoms with Crippen molar-refractivity contribution in [1.29, 1.82) is 0 Å². The summed E-state index contributed by atoms with van der Waals surface area (Å²) in [5.74, 6) is 8.19. The number of nitrogens with two attached hydrogens (primary N) is 1. The Kier molecular flexibility index (Phi) is 6.25. The predicted molar refractivity (Wildman–Crippen MR) is 136 cm³/mol. The van der Waals surface area contributed by atoms with Gasteiger partial charge in [-0.15, -0.1) is 0 Å². The quantitative estimate of drug-likeness (QED) is 0.430. The summed E-state index contributed by atoms with van der Waals surface area (Å²) in [6, 6.07) is 8.06. The van der Waals surface area contributed by atoms with Crippen LogP contribution in [-0.4, -0.2) is 39.3 Å². The van der Waals surface area contributed by atoms with Crippen LogP contribution in [0.4, 0.5) is 0 Å². The molecule has 8 heteroatoms. The van der Waals surface area contributed by atoms with E-state index in [1.54, 1.807) is 31.1 Å². The zero-order chi connectivity index (χ0) is 25.3. The van der Waals surface area contributed by atoms with Gasteiger partial charge in [-0.3, -0.25) is 0 Å². The third-order valence-corrected chi connectivity index (χ3v) is 6.04. The molecule has 0 radical (unpaired) electrons. The lowest BCUT2D eigenvalue weighted by molar-refractivity contribution is 0.168. The van der Waals surface area contributed by atoms with Crippen molar-refractivity contribution < 1.29 is 14.2 Å². The lowest BCUT2D eigenvalue weighted by atomic mass is 9.95. The minimum atomic E-state index is -0.564. The summed E-state index contributed by atoms with van der Waals surface area (Å²) < 4.78 is 19.0. The molecule has 8 nitrogen and oxygen atoms in total. The summed E-state index contributed by atoms with van der Waals surface area (Å²) in [6.07, 6.45) is 9.62. The third kappa shape index (κ3) is 4.97. The number of pyridine rings is 1. The van der Waals surface area contributed by atoms with Gasteiger partial charge in [0.1, 0.15) is 6.10 Å². The van der Waals surface area contributed by atoms with E-state index in [0.717, 1.165) is 57.8 Å². The number of fused-ring (bicyclic) bond motifs is 2. The Morgan fingerprint density at radius 2 is 2.00 bits per heavy atom. The van der Waals surface area contributed by atoms with Gasteiger partial charge in [0.25, 0.3) is 0 Å². The minimum absolute atomic E-state index is 0.0818. The fraction of sp³-hybridized carbons (Fsp3) is 0.321. The first-order valence-corrected chi connectivity index (χ1v) is 11.8. The van der Waals surface area contributed by atoms with Crippen LogP contribution in [0.5, 0.6) is 17.4 Å². The standard InChI is InChI=1S/C28H29N5O3/c1-28(2,29)10-9-18-14-31-27-22(16-32-33(27)17-18)12-19-11-20-5-7-23(36-26(20)24(13-19)34-3)21-6-8-25(35-4)30-15-21/h6,8,11,13-17,23H,5,7,12,29H2,1-4H3. The molecule has 0 spiro atoms. The third-order valence-electron chi connectivity index (χ3n) is 6.04. The average Bonchev–Trinajstić information content (AvgIpc) is 3.28. The van der Waals surface area contributed by atoms with Gasteiger partial charge in [0, 0.05) is 42.2 Å². The van der Waals surface area contributed by atoms with E-state index in [9.17, 15) is 0 Å². The highest BCUT2D eigenvalue weighted by Crippen LogP contribution is 2.42. The van der Waals surface area contributed by atoms with Gasteiger partial charge in [-0.05, 0) is 49.9 Å². The van der Waals surface area contributed by atoms with E-state index < -0.39 is 5.54 Å². The predicted octanol–water partition coefficient (Wildman–Crippen LogP) is 3.89. The monoisotopic (exact) mass is 483 g/mol. The van der Waals surface area contributed by atoms with Crippen LogP contribution < -0.4 is 19.9 Å². The molecule has 1 aliphatic rings. The van der Waals surface area contributed by atoms with Crippen molar-refractivity contribution in [3.63, 3.8) is 0 Å². The largest absolute Gasteiger partial charge is 0.493 e. The Morgan fingerprint density at radius 1 is 1.14 bits per heavy atom. The minimum Gasteiger partial charge on any atom is -0.493 e. The van der Waals surface area contributed by atoms with Gasteiger partial charge in [0.15, 0.2) is 17.1 Å². The number of methoxy groups -OCH3 is 2. The molecule has 0 fully saturated rings. The highest BCUT2D eigenvalue weighted by molar-refractivity contribution is 5.55. The van der Waals surface area contributed by atoms with Crippen LogP contribution in [0.15, 0.2) is 49.1 Å². The van der Waals surface area contributed by atoms with Crippen molar-refractivity contribution in [1.82, 2.24) is 19.6 Å². The van der Waals surface area contributed by atoms with Crippen molar-refractivity contribution >= 4 is 5.65 Å². The number of hydrogen-bond acceptors (Lipinski definition) is 7. The number of hydrogen-bond donors (Lipinski definition) is 1. The second kappa shape index (κ2) is 9.51. The Hall–Kier alpha value is -4.09. The Balaban J connectivity index is 1.38. The van der Waals surface area contributed by atoms with E-state index in [4.69, 9.17) is 19.9 Å². The maximum Gasteiger partial charge on any atom is 0.212 e. The smallest absolute Gasteiger partial charge is 0.212 e. The Bertz CT molecular complexity index is 1440. The van der Waals surface area contributed by atoms with Gasteiger partial charge in [-0.1, -0.05) is 17.9 Å². The van der Waals surface area contributed by atoms with Crippen LogP contribution in [0.1, 0.15) is 54.2 Å². The molecule has 36 heavy (non-hydrogen) atoms. The molecule has 184 valence electrons. The van der Waals surface area contributed by atoms with Crippen LogP contribution >= 0.6 is 0 Å². The van der Waals surface area contributed by atoms with Crippen molar-refractivity contribution in [2.24, 2.45) is 5.73 Å². The molecule has 0 aliphatic carbocycles. The summed E-state index contributed by atoms with van der Waals surface area (Å²) in [7, 11) is 3.28. The number of ether oxygens (including phenoxy) is 3. The molecule has 1 aromatic carbocycles. The zero-order valence-corrected chi connectivity index (χ0v) is 20.9. The van der Waals surface area contributed by atoms with Gasteiger partial charge in [0.05, 0.1) is 31.5 Å². The molecule has 0 bridgehead atoms. The number of aromatic nitrogens is 4. The first-order chi connectivity index (χ1) is 17.3. The first kappa shape index (κ1) is 23.6. The average molecular weight is 484 g/mol. The first-order valence-electron chi connectivity index (χ1n) is 11.8. The van der Waals surface area contributed by atoms with Crippen LogP contribution in [0.2, 0.25) is 0 Å². The SMILES string of the molecule is COc1ccc(C2CCc3cc(Cc4cnn5cc(C#CC(C)(C)N)cnc45)cc(OC)c3O2)cn1. The molecule has 0 saturated carbocycles. The van der Waals surface area contributed by atoms with Crippen LogP contribution in [0.3, 0.4) is 0 Å². The summed E-state index contributed by atoms with van der Waals surface area (Å²) in [5, 5.41) is 4.49. The van der Waals surface area contributed by atoms with E-state index in [-0.39, 0.29) is 6.10 Å². The summed E-state index contributed by atoms with van der Waals surface area (Å²) in [4.78, 5) is 8.93. The van der Waals surface area contributed by atoms with Gasteiger partial charge in [-0.2, -0.15) is 5.10 Å². The van der Waals surface area contributed by atoms with E-state index in [2.05, 4.69) is 33.0 Å². The van der Waals surface area contributed by atoms with Crippen molar-refractivity contribution in [3.05, 3.63) is 76.9 Å². The number of benzene rings is 1. The molecule has 2 N–H and O–H groups in total. The maximum absolute atomic E-state index is 6.38. The molecule has 1 atom stereocenters. The molecule has 1 aliphatic heterocycles. The van der Waals surface area contributed by atoms with Crippen LogP contribution in [0.25, 0.3) is 5.65 Å². The van der Waals surface area contributed by atoms with Crippen molar-refractivity contribution in [2.75, 3.05) is 14.2 Å².